The Balaban J connectivity index is 1.31. The highest BCUT2D eigenvalue weighted by Crippen LogP contribution is 2.31. The lowest BCUT2D eigenvalue weighted by atomic mass is 10.2. The Labute approximate surface area is 198 Å². The van der Waals surface area contributed by atoms with E-state index in [1.807, 2.05) is 24.3 Å². The van der Waals surface area contributed by atoms with Gasteiger partial charge >= 0.3 is 0 Å². The van der Waals surface area contributed by atoms with Crippen molar-refractivity contribution in [3.05, 3.63) is 69.8 Å². The lowest BCUT2D eigenvalue weighted by Crippen LogP contribution is -2.34. The summed E-state index contributed by atoms with van der Waals surface area (Å²) in [7, 11) is 1.67. The molecule has 0 atom stereocenters. The van der Waals surface area contributed by atoms with Crippen LogP contribution in [0.15, 0.2) is 62.9 Å². The van der Waals surface area contributed by atoms with Gasteiger partial charge in [-0.15, -0.1) is 10.2 Å². The number of hydrogen-bond donors (Lipinski definition) is 0. The number of halogens is 1. The van der Waals surface area contributed by atoms with Gasteiger partial charge in [0, 0.05) is 13.1 Å². The van der Waals surface area contributed by atoms with Crippen molar-refractivity contribution in [1.29, 1.82) is 0 Å². The average molecular weight is 482 g/mol. The van der Waals surface area contributed by atoms with Crippen LogP contribution in [0, 0.1) is 0 Å². The van der Waals surface area contributed by atoms with Crippen LogP contribution in [0.25, 0.3) is 22.4 Å². The van der Waals surface area contributed by atoms with E-state index in [9.17, 15) is 9.59 Å². The molecule has 1 amide bonds. The van der Waals surface area contributed by atoms with E-state index in [4.69, 9.17) is 16.0 Å². The summed E-state index contributed by atoms with van der Waals surface area (Å²) in [6, 6.07) is 14.6. The summed E-state index contributed by atoms with van der Waals surface area (Å²) in [5, 5.41) is 9.78. The third-order valence-electron chi connectivity index (χ3n) is 5.45. The molecule has 33 heavy (non-hydrogen) atoms. The van der Waals surface area contributed by atoms with Crippen LogP contribution in [-0.4, -0.2) is 42.4 Å². The highest BCUT2D eigenvalue weighted by Gasteiger charge is 2.34. The SMILES string of the molecule is Cn1c(SCC(=O)N(Cc2nnc(-c3ccccc3Cl)o2)C2CC2)nc2ccccc2c1=O. The van der Waals surface area contributed by atoms with E-state index in [1.54, 1.807) is 36.2 Å². The molecule has 1 saturated carbocycles. The quantitative estimate of drug-likeness (QED) is 0.291. The lowest BCUT2D eigenvalue weighted by Gasteiger charge is -2.20. The fourth-order valence-corrected chi connectivity index (χ4v) is 4.62. The Morgan fingerprint density at radius 1 is 1.18 bits per heavy atom. The summed E-state index contributed by atoms with van der Waals surface area (Å²) in [6.45, 7) is 0.228. The fourth-order valence-electron chi connectivity index (χ4n) is 3.55. The molecule has 1 aliphatic carbocycles. The number of benzene rings is 2. The molecule has 2 aromatic carbocycles. The van der Waals surface area contributed by atoms with Crippen LogP contribution < -0.4 is 5.56 Å². The van der Waals surface area contributed by atoms with Crippen LogP contribution in [0.2, 0.25) is 5.02 Å². The minimum Gasteiger partial charge on any atom is -0.419 e. The van der Waals surface area contributed by atoms with Crippen LogP contribution in [0.5, 0.6) is 0 Å². The van der Waals surface area contributed by atoms with Gasteiger partial charge in [-0.2, -0.15) is 0 Å². The summed E-state index contributed by atoms with van der Waals surface area (Å²) >= 11 is 7.47. The van der Waals surface area contributed by atoms with E-state index in [-0.39, 0.29) is 29.8 Å². The van der Waals surface area contributed by atoms with Crippen LogP contribution in [0.3, 0.4) is 0 Å². The number of fused-ring (bicyclic) bond motifs is 1. The number of carbonyl (C=O) groups excluding carboxylic acids is 1. The van der Waals surface area contributed by atoms with Gasteiger partial charge in [0.25, 0.3) is 5.56 Å². The maximum atomic E-state index is 13.1. The standard InChI is InChI=1S/C23H20ClN5O3S/c1-28-22(31)16-7-3-5-9-18(16)25-23(28)33-13-20(30)29(14-10-11-14)12-19-26-27-21(32-19)15-6-2-4-8-17(15)24/h2-9,14H,10-13H2,1H3. The molecule has 168 valence electrons. The third kappa shape index (κ3) is 4.51. The van der Waals surface area contributed by atoms with Gasteiger partial charge in [-0.25, -0.2) is 4.98 Å². The van der Waals surface area contributed by atoms with Crippen LogP contribution in [-0.2, 0) is 18.4 Å². The monoisotopic (exact) mass is 481 g/mol. The zero-order valence-electron chi connectivity index (χ0n) is 17.8. The van der Waals surface area contributed by atoms with Crippen molar-refractivity contribution in [3.8, 4) is 11.5 Å². The van der Waals surface area contributed by atoms with Gasteiger partial charge in [0.05, 0.1) is 33.8 Å². The van der Waals surface area contributed by atoms with Crippen LogP contribution in [0.1, 0.15) is 18.7 Å². The molecule has 1 fully saturated rings. The minimum absolute atomic E-state index is 0.0672. The highest BCUT2D eigenvalue weighted by molar-refractivity contribution is 7.99. The predicted molar refractivity (Wildman–Crippen MR) is 126 cm³/mol. The smallest absolute Gasteiger partial charge is 0.261 e. The molecule has 5 rings (SSSR count). The van der Waals surface area contributed by atoms with E-state index in [0.29, 0.717) is 38.4 Å². The molecule has 0 saturated heterocycles. The first-order valence-corrected chi connectivity index (χ1v) is 11.8. The molecular formula is C23H20ClN5O3S. The second-order valence-corrected chi connectivity index (χ2v) is 9.15. The Morgan fingerprint density at radius 2 is 1.94 bits per heavy atom. The summed E-state index contributed by atoms with van der Waals surface area (Å²) in [6.07, 6.45) is 1.88. The Bertz CT molecular complexity index is 1400. The van der Waals surface area contributed by atoms with E-state index in [1.165, 1.54) is 16.3 Å². The number of para-hydroxylation sites is 1. The zero-order valence-corrected chi connectivity index (χ0v) is 19.3. The maximum Gasteiger partial charge on any atom is 0.261 e. The van der Waals surface area contributed by atoms with Crippen molar-refractivity contribution in [2.75, 3.05) is 5.75 Å². The first-order valence-electron chi connectivity index (χ1n) is 10.5. The molecule has 0 spiro atoms. The van der Waals surface area contributed by atoms with Crippen molar-refractivity contribution >= 4 is 40.2 Å². The Hall–Kier alpha value is -3.17. The van der Waals surface area contributed by atoms with Crippen molar-refractivity contribution < 1.29 is 9.21 Å². The van der Waals surface area contributed by atoms with Gasteiger partial charge in [0.2, 0.25) is 17.7 Å². The van der Waals surface area contributed by atoms with Gasteiger partial charge < -0.3 is 9.32 Å². The largest absolute Gasteiger partial charge is 0.419 e. The van der Waals surface area contributed by atoms with Gasteiger partial charge in [-0.05, 0) is 37.1 Å². The van der Waals surface area contributed by atoms with E-state index in [2.05, 4.69) is 15.2 Å². The number of nitrogens with zero attached hydrogens (tertiary/aromatic N) is 5. The molecule has 2 aromatic heterocycles. The first kappa shape index (κ1) is 21.7. The molecule has 0 N–H and O–H groups in total. The number of aromatic nitrogens is 4. The molecule has 2 heterocycles. The molecule has 8 nitrogen and oxygen atoms in total. The second kappa shape index (κ2) is 8.99. The van der Waals surface area contributed by atoms with Crippen molar-refractivity contribution in [2.45, 2.75) is 30.6 Å². The number of carbonyl (C=O) groups is 1. The maximum absolute atomic E-state index is 13.1. The molecule has 0 radical (unpaired) electrons. The number of rotatable bonds is 7. The summed E-state index contributed by atoms with van der Waals surface area (Å²) in [5.74, 6) is 0.762. The summed E-state index contributed by atoms with van der Waals surface area (Å²) < 4.78 is 7.27. The zero-order chi connectivity index (χ0) is 22.9. The van der Waals surface area contributed by atoms with Gasteiger partial charge in [-0.1, -0.05) is 47.6 Å². The molecular weight excluding hydrogens is 462 g/mol. The van der Waals surface area contributed by atoms with Crippen LogP contribution >= 0.6 is 23.4 Å². The molecule has 0 aliphatic heterocycles. The summed E-state index contributed by atoms with van der Waals surface area (Å²) in [5.41, 5.74) is 1.14. The van der Waals surface area contributed by atoms with Crippen LogP contribution in [0.4, 0.5) is 0 Å². The molecule has 10 heteroatoms. The fraction of sp³-hybridized carbons (Fsp3) is 0.261. The molecule has 0 unspecified atom stereocenters. The number of thioether (sulfide) groups is 1. The predicted octanol–water partition coefficient (Wildman–Crippen LogP) is 3.92. The van der Waals surface area contributed by atoms with Crippen molar-refractivity contribution in [2.24, 2.45) is 7.05 Å². The van der Waals surface area contributed by atoms with E-state index < -0.39 is 0 Å². The Kier molecular flexibility index (Phi) is 5.90. The van der Waals surface area contributed by atoms with Gasteiger partial charge in [-0.3, -0.25) is 14.2 Å². The normalized spacial score (nSPS) is 13.4. The number of amides is 1. The van der Waals surface area contributed by atoms with Gasteiger partial charge in [0.1, 0.15) is 0 Å². The van der Waals surface area contributed by atoms with Crippen molar-refractivity contribution in [1.82, 2.24) is 24.6 Å². The average Bonchev–Trinajstić information content (AvgIpc) is 3.56. The summed E-state index contributed by atoms with van der Waals surface area (Å²) in [4.78, 5) is 32.0. The third-order valence-corrected chi connectivity index (χ3v) is 6.80. The topological polar surface area (TPSA) is 94.1 Å². The lowest BCUT2D eigenvalue weighted by molar-refractivity contribution is -0.129. The highest BCUT2D eigenvalue weighted by atomic mass is 35.5. The van der Waals surface area contributed by atoms with Crippen molar-refractivity contribution in [3.63, 3.8) is 0 Å². The van der Waals surface area contributed by atoms with E-state index >= 15 is 0 Å². The molecule has 1 aliphatic rings. The first-order chi connectivity index (χ1) is 16.0. The Morgan fingerprint density at radius 3 is 2.73 bits per heavy atom. The van der Waals surface area contributed by atoms with E-state index in [0.717, 1.165) is 12.8 Å². The molecule has 4 aromatic rings. The second-order valence-electron chi connectivity index (χ2n) is 7.80. The molecule has 0 bridgehead atoms. The minimum atomic E-state index is -0.132. The van der Waals surface area contributed by atoms with Gasteiger partial charge in [0.15, 0.2) is 5.16 Å². The number of hydrogen-bond acceptors (Lipinski definition) is 7.